The van der Waals surface area contributed by atoms with Crippen LogP contribution in [0.5, 0.6) is 0 Å². The molecule has 252 valence electrons. The molecule has 3 amide bonds. The van der Waals surface area contributed by atoms with E-state index in [-0.39, 0.29) is 31.9 Å². The van der Waals surface area contributed by atoms with Crippen LogP contribution >= 0.6 is 0 Å². The Kier molecular flexibility index (Phi) is 13.0. The molecule has 0 heterocycles. The lowest BCUT2D eigenvalue weighted by molar-refractivity contribution is -0.146. The number of aliphatic hydroxyl groups excluding tert-OH is 1. The van der Waals surface area contributed by atoms with Crippen LogP contribution in [0.4, 0.5) is 4.39 Å². The van der Waals surface area contributed by atoms with Gasteiger partial charge in [-0.3, -0.25) is 14.4 Å². The number of carbonyl (C=O) groups excluding carboxylic acids is 3. The number of nitrogens with zero attached hydrogens (tertiary/aromatic N) is 2. The fraction of sp³-hybridized carbons (Fsp3) is 0.395. The molecule has 9 heteroatoms. The second-order valence-corrected chi connectivity index (χ2v) is 13.7. The number of amides is 3. The van der Waals surface area contributed by atoms with Gasteiger partial charge in [-0.1, -0.05) is 86.7 Å². The van der Waals surface area contributed by atoms with Crippen LogP contribution in [0.15, 0.2) is 91.0 Å². The molecule has 0 aliphatic carbocycles. The van der Waals surface area contributed by atoms with Crippen molar-refractivity contribution < 1.29 is 23.9 Å². The van der Waals surface area contributed by atoms with E-state index >= 15 is 0 Å². The van der Waals surface area contributed by atoms with Crippen molar-refractivity contribution in [2.75, 3.05) is 27.2 Å². The molecule has 0 saturated heterocycles. The van der Waals surface area contributed by atoms with Gasteiger partial charge in [0, 0.05) is 51.0 Å². The number of nitrogens with one attached hydrogen (secondary N) is 1. The lowest BCUT2D eigenvalue weighted by Crippen LogP contribution is -2.56. The maximum Gasteiger partial charge on any atom is 0.246 e. The van der Waals surface area contributed by atoms with Crippen molar-refractivity contribution in [2.24, 2.45) is 11.1 Å². The van der Waals surface area contributed by atoms with Crippen molar-refractivity contribution in [3.8, 4) is 11.1 Å². The zero-order valence-electron chi connectivity index (χ0n) is 28.4. The van der Waals surface area contributed by atoms with Gasteiger partial charge in [-0.15, -0.1) is 0 Å². The maximum atomic E-state index is 14.4. The van der Waals surface area contributed by atoms with Crippen LogP contribution in [-0.4, -0.2) is 77.5 Å². The third-order valence-corrected chi connectivity index (χ3v) is 8.12. The molecule has 3 aromatic carbocycles. The lowest BCUT2D eigenvalue weighted by atomic mass is 9.94. The molecule has 0 saturated carbocycles. The first-order valence-electron chi connectivity index (χ1n) is 15.9. The SMILES string of the molecule is CN(C(=O)C=CCC(C)(C)N)[C@H](Cc1ccc(-c2ccccc2)cc1)C(=O)N(C)[C@H](Cc1ccc(F)cc1)C(=O)NCC(C)(C)CO. The Morgan fingerprint density at radius 1 is 0.830 bits per heavy atom. The lowest BCUT2D eigenvalue weighted by Gasteiger charge is -2.35. The maximum absolute atomic E-state index is 14.4. The van der Waals surface area contributed by atoms with Gasteiger partial charge in [-0.2, -0.15) is 0 Å². The third-order valence-electron chi connectivity index (χ3n) is 8.12. The third kappa shape index (κ3) is 11.4. The van der Waals surface area contributed by atoms with Gasteiger partial charge in [-0.25, -0.2) is 4.39 Å². The molecule has 0 radical (unpaired) electrons. The molecule has 2 atom stereocenters. The Morgan fingerprint density at radius 3 is 1.91 bits per heavy atom. The second-order valence-electron chi connectivity index (χ2n) is 13.7. The highest BCUT2D eigenvalue weighted by Crippen LogP contribution is 2.22. The highest BCUT2D eigenvalue weighted by Gasteiger charge is 2.35. The number of nitrogens with two attached hydrogens (primary N) is 1. The molecule has 4 N–H and O–H groups in total. The van der Waals surface area contributed by atoms with Crippen molar-refractivity contribution in [3.05, 3.63) is 108 Å². The molecular formula is C38H49FN4O4. The van der Waals surface area contributed by atoms with E-state index in [0.717, 1.165) is 16.7 Å². The van der Waals surface area contributed by atoms with Crippen LogP contribution in [-0.2, 0) is 27.2 Å². The highest BCUT2D eigenvalue weighted by atomic mass is 19.1. The summed E-state index contributed by atoms with van der Waals surface area (Å²) in [6.45, 7) is 7.39. The van der Waals surface area contributed by atoms with Crippen molar-refractivity contribution in [3.63, 3.8) is 0 Å². The van der Waals surface area contributed by atoms with Gasteiger partial charge in [0.25, 0.3) is 0 Å². The normalized spacial score (nSPS) is 13.2. The minimum Gasteiger partial charge on any atom is -0.396 e. The topological polar surface area (TPSA) is 116 Å². The fourth-order valence-electron chi connectivity index (χ4n) is 4.95. The summed E-state index contributed by atoms with van der Waals surface area (Å²) in [5, 5.41) is 12.6. The summed E-state index contributed by atoms with van der Waals surface area (Å²) in [7, 11) is 3.12. The average Bonchev–Trinajstić information content (AvgIpc) is 3.05. The highest BCUT2D eigenvalue weighted by molar-refractivity contribution is 5.95. The van der Waals surface area contributed by atoms with E-state index in [1.807, 2.05) is 82.3 Å². The molecule has 0 unspecified atom stereocenters. The summed E-state index contributed by atoms with van der Waals surface area (Å²) in [6.07, 6.45) is 3.92. The molecular weight excluding hydrogens is 595 g/mol. The number of hydrogen-bond acceptors (Lipinski definition) is 5. The molecule has 0 fully saturated rings. The van der Waals surface area contributed by atoms with E-state index < -0.39 is 40.7 Å². The standard InChI is InChI=1S/C38H49FN4O4/c1-37(2,26-44)25-41-35(46)32(23-28-16-20-31(39)21-17-28)43(6)36(47)33(42(5)34(45)13-10-22-38(3,4)40)24-27-14-18-30(19-15-27)29-11-8-7-9-12-29/h7-21,32-33,44H,22-26,40H2,1-6H3,(H,41,46)/t32-,33-/m1/s1. The minimum atomic E-state index is -0.970. The van der Waals surface area contributed by atoms with Crippen LogP contribution in [0.1, 0.15) is 45.2 Å². The van der Waals surface area contributed by atoms with E-state index in [0.29, 0.717) is 12.0 Å². The monoisotopic (exact) mass is 644 g/mol. The quantitative estimate of drug-likeness (QED) is 0.207. The molecule has 47 heavy (non-hydrogen) atoms. The first-order valence-corrected chi connectivity index (χ1v) is 15.9. The van der Waals surface area contributed by atoms with Crippen molar-refractivity contribution in [1.82, 2.24) is 15.1 Å². The molecule has 8 nitrogen and oxygen atoms in total. The summed E-state index contributed by atoms with van der Waals surface area (Å²) in [6, 6.07) is 21.6. The molecule has 0 aliphatic rings. The van der Waals surface area contributed by atoms with Crippen molar-refractivity contribution in [1.29, 1.82) is 0 Å². The van der Waals surface area contributed by atoms with Gasteiger partial charge in [-0.05, 0) is 60.7 Å². The summed E-state index contributed by atoms with van der Waals surface area (Å²) >= 11 is 0. The number of likely N-dealkylation sites (N-methyl/N-ethyl adjacent to an activating group) is 2. The summed E-state index contributed by atoms with van der Waals surface area (Å²) < 4.78 is 13.7. The molecule has 0 spiro atoms. The molecule has 3 aromatic rings. The van der Waals surface area contributed by atoms with E-state index in [9.17, 15) is 23.9 Å². The largest absolute Gasteiger partial charge is 0.396 e. The Bertz CT molecular complexity index is 1500. The predicted molar refractivity (Wildman–Crippen MR) is 185 cm³/mol. The van der Waals surface area contributed by atoms with E-state index in [2.05, 4.69) is 5.32 Å². The molecule has 0 aromatic heterocycles. The first kappa shape index (κ1) is 37.1. The number of halogens is 1. The molecule has 3 rings (SSSR count). The predicted octanol–water partition coefficient (Wildman–Crippen LogP) is 4.75. The Labute approximate surface area is 278 Å². The number of rotatable bonds is 15. The van der Waals surface area contributed by atoms with Gasteiger partial charge < -0.3 is 26.0 Å². The summed E-state index contributed by atoms with van der Waals surface area (Å²) in [5.41, 5.74) is 8.59. The van der Waals surface area contributed by atoms with Gasteiger partial charge >= 0.3 is 0 Å². The van der Waals surface area contributed by atoms with E-state index in [4.69, 9.17) is 5.73 Å². The van der Waals surface area contributed by atoms with Crippen LogP contribution in [0.25, 0.3) is 11.1 Å². The van der Waals surface area contributed by atoms with Gasteiger partial charge in [0.15, 0.2) is 0 Å². The average molecular weight is 645 g/mol. The van der Waals surface area contributed by atoms with E-state index in [1.165, 1.54) is 28.0 Å². The fourth-order valence-corrected chi connectivity index (χ4v) is 4.95. The first-order chi connectivity index (χ1) is 22.1. The van der Waals surface area contributed by atoms with Gasteiger partial charge in [0.05, 0.1) is 0 Å². The minimum absolute atomic E-state index is 0.121. The second kappa shape index (κ2) is 16.5. The van der Waals surface area contributed by atoms with Gasteiger partial charge in [0.1, 0.15) is 17.9 Å². The Hall–Kier alpha value is -4.34. The van der Waals surface area contributed by atoms with E-state index in [1.54, 1.807) is 32.3 Å². The van der Waals surface area contributed by atoms with Gasteiger partial charge in [0.2, 0.25) is 17.7 Å². The summed E-state index contributed by atoms with van der Waals surface area (Å²) in [4.78, 5) is 44.2. The van der Waals surface area contributed by atoms with Crippen LogP contribution in [0.3, 0.4) is 0 Å². The smallest absolute Gasteiger partial charge is 0.246 e. The Morgan fingerprint density at radius 2 is 1.36 bits per heavy atom. The molecule has 0 bridgehead atoms. The van der Waals surface area contributed by atoms with Crippen LogP contribution in [0, 0.1) is 11.2 Å². The number of hydrogen-bond donors (Lipinski definition) is 3. The van der Waals surface area contributed by atoms with Crippen LogP contribution < -0.4 is 11.1 Å². The zero-order valence-corrected chi connectivity index (χ0v) is 28.4. The zero-order chi connectivity index (χ0) is 34.8. The summed E-state index contributed by atoms with van der Waals surface area (Å²) in [5.74, 6) is -1.62. The molecule has 0 aliphatic heterocycles. The van der Waals surface area contributed by atoms with Crippen molar-refractivity contribution >= 4 is 17.7 Å². The number of aliphatic hydroxyl groups is 1. The Balaban J connectivity index is 1.95. The van der Waals surface area contributed by atoms with Crippen molar-refractivity contribution in [2.45, 2.75) is 64.6 Å². The number of carbonyl (C=O) groups is 3. The van der Waals surface area contributed by atoms with Crippen LogP contribution in [0.2, 0.25) is 0 Å². The number of benzene rings is 3.